The Kier molecular flexibility index (Phi) is 4.66. The number of hydrogen-bond acceptors (Lipinski definition) is 2. The molecule has 1 fully saturated rings. The first-order chi connectivity index (χ1) is 8.59. The second kappa shape index (κ2) is 6.05. The molecule has 18 heavy (non-hydrogen) atoms. The van der Waals surface area contributed by atoms with Gasteiger partial charge in [-0.1, -0.05) is 29.8 Å². The van der Waals surface area contributed by atoms with E-state index in [2.05, 4.69) is 0 Å². The summed E-state index contributed by atoms with van der Waals surface area (Å²) in [5, 5.41) is 11.2. The Morgan fingerprint density at radius 1 is 1.44 bits per heavy atom. The summed E-state index contributed by atoms with van der Waals surface area (Å²) in [5.41, 5.74) is -0.0317. The Morgan fingerprint density at radius 3 is 2.89 bits per heavy atom. The summed E-state index contributed by atoms with van der Waals surface area (Å²) in [7, 11) is 0. The quantitative estimate of drug-likeness (QED) is 0.878. The van der Waals surface area contributed by atoms with Gasteiger partial charge in [-0.2, -0.15) is 0 Å². The van der Waals surface area contributed by atoms with E-state index in [1.165, 1.54) is 6.42 Å². The van der Waals surface area contributed by atoms with Gasteiger partial charge in [-0.05, 0) is 45.1 Å². The molecular weight excluding hydrogens is 248 g/mol. The second-order valence-electron chi connectivity index (χ2n) is 5.28. The lowest BCUT2D eigenvalue weighted by Crippen LogP contribution is -2.22. The largest absolute Gasteiger partial charge is 0.385 e. The molecule has 0 aromatic heterocycles. The van der Waals surface area contributed by atoms with Gasteiger partial charge in [0.2, 0.25) is 0 Å². The summed E-state index contributed by atoms with van der Waals surface area (Å²) >= 11 is 6.13. The highest BCUT2D eigenvalue weighted by Gasteiger charge is 2.25. The van der Waals surface area contributed by atoms with Crippen LogP contribution in [0.25, 0.3) is 0 Å². The number of benzene rings is 1. The highest BCUT2D eigenvalue weighted by molar-refractivity contribution is 6.31. The Balaban J connectivity index is 1.88. The van der Waals surface area contributed by atoms with Crippen LogP contribution < -0.4 is 0 Å². The van der Waals surface area contributed by atoms with Crippen molar-refractivity contribution in [2.24, 2.45) is 0 Å². The lowest BCUT2D eigenvalue weighted by Gasteiger charge is -2.25. The van der Waals surface area contributed by atoms with Crippen molar-refractivity contribution in [2.45, 2.75) is 50.7 Å². The molecule has 0 spiro atoms. The van der Waals surface area contributed by atoms with Gasteiger partial charge in [-0.3, -0.25) is 0 Å². The summed E-state index contributed by atoms with van der Waals surface area (Å²) in [4.78, 5) is 0. The molecule has 0 radical (unpaired) electrons. The van der Waals surface area contributed by atoms with E-state index in [-0.39, 0.29) is 0 Å². The van der Waals surface area contributed by atoms with Crippen LogP contribution in [0.1, 0.15) is 44.6 Å². The number of aliphatic hydroxyl groups is 1. The molecule has 1 heterocycles. The normalized spacial score (nSPS) is 22.9. The summed E-state index contributed by atoms with van der Waals surface area (Å²) in [6.45, 7) is 2.73. The third-order valence-corrected chi connectivity index (χ3v) is 4.00. The zero-order valence-corrected chi connectivity index (χ0v) is 11.6. The number of halogens is 1. The van der Waals surface area contributed by atoms with Gasteiger partial charge in [0.15, 0.2) is 0 Å². The van der Waals surface area contributed by atoms with E-state index in [9.17, 15) is 5.11 Å². The van der Waals surface area contributed by atoms with Gasteiger partial charge >= 0.3 is 0 Å². The molecular formula is C15H21ClO2. The lowest BCUT2D eigenvalue weighted by atomic mass is 9.90. The van der Waals surface area contributed by atoms with Crippen molar-refractivity contribution in [3.05, 3.63) is 34.9 Å². The molecule has 3 heteroatoms. The second-order valence-corrected chi connectivity index (χ2v) is 5.69. The zero-order chi connectivity index (χ0) is 13.0. The molecule has 2 atom stereocenters. The van der Waals surface area contributed by atoms with E-state index in [0.717, 1.165) is 37.9 Å². The Bertz CT molecular complexity index is 384. The molecule has 1 aliphatic heterocycles. The van der Waals surface area contributed by atoms with Gasteiger partial charge in [0.1, 0.15) is 0 Å². The fraction of sp³-hybridized carbons (Fsp3) is 0.600. The Morgan fingerprint density at radius 2 is 2.22 bits per heavy atom. The predicted molar refractivity (Wildman–Crippen MR) is 73.8 cm³/mol. The summed E-state index contributed by atoms with van der Waals surface area (Å²) in [6, 6.07) is 7.52. The van der Waals surface area contributed by atoms with Crippen molar-refractivity contribution in [3.8, 4) is 0 Å². The molecule has 0 aliphatic carbocycles. The molecule has 1 aromatic carbocycles. The maximum Gasteiger partial charge on any atom is 0.0882 e. The number of rotatable bonds is 5. The van der Waals surface area contributed by atoms with Gasteiger partial charge in [0, 0.05) is 17.2 Å². The molecule has 2 rings (SSSR count). The van der Waals surface area contributed by atoms with Gasteiger partial charge in [0.25, 0.3) is 0 Å². The van der Waals surface area contributed by atoms with Crippen LogP contribution in [-0.4, -0.2) is 17.8 Å². The first-order valence-corrected chi connectivity index (χ1v) is 7.06. The summed E-state index contributed by atoms with van der Waals surface area (Å²) < 4.78 is 5.59. The number of ether oxygens (including phenoxy) is 1. The fourth-order valence-electron chi connectivity index (χ4n) is 2.58. The number of hydrogen-bond donors (Lipinski definition) is 1. The highest BCUT2D eigenvalue weighted by Crippen LogP contribution is 2.32. The van der Waals surface area contributed by atoms with Crippen LogP contribution in [0.4, 0.5) is 0 Å². The lowest BCUT2D eigenvalue weighted by molar-refractivity contribution is 0.0373. The van der Waals surface area contributed by atoms with E-state index < -0.39 is 5.60 Å². The van der Waals surface area contributed by atoms with Gasteiger partial charge in [-0.15, -0.1) is 0 Å². The molecule has 1 aromatic rings. The van der Waals surface area contributed by atoms with E-state index in [1.54, 1.807) is 0 Å². The maximum absolute atomic E-state index is 10.5. The van der Waals surface area contributed by atoms with Crippen molar-refractivity contribution in [1.82, 2.24) is 0 Å². The fourth-order valence-corrected chi connectivity index (χ4v) is 2.92. The van der Waals surface area contributed by atoms with Crippen molar-refractivity contribution >= 4 is 11.6 Å². The van der Waals surface area contributed by atoms with Crippen LogP contribution in [0, 0.1) is 0 Å². The molecule has 0 amide bonds. The van der Waals surface area contributed by atoms with Crippen molar-refractivity contribution < 1.29 is 9.84 Å². The molecule has 0 saturated carbocycles. The van der Waals surface area contributed by atoms with Crippen molar-refractivity contribution in [3.63, 3.8) is 0 Å². The molecule has 100 valence electrons. The summed E-state index contributed by atoms with van der Waals surface area (Å²) in [6.07, 6.45) is 5.44. The minimum absolute atomic E-state index is 0.395. The minimum Gasteiger partial charge on any atom is -0.385 e. The Labute approximate surface area is 114 Å². The van der Waals surface area contributed by atoms with Gasteiger partial charge < -0.3 is 9.84 Å². The van der Waals surface area contributed by atoms with Crippen LogP contribution in [0.3, 0.4) is 0 Å². The average Bonchev–Trinajstić information content (AvgIpc) is 2.82. The smallest absolute Gasteiger partial charge is 0.0882 e. The third-order valence-electron chi connectivity index (χ3n) is 3.67. The molecule has 1 aliphatic rings. The Hall–Kier alpha value is -0.570. The van der Waals surface area contributed by atoms with E-state index >= 15 is 0 Å². The molecule has 0 bridgehead atoms. The van der Waals surface area contributed by atoms with Gasteiger partial charge in [-0.25, -0.2) is 0 Å². The third kappa shape index (κ3) is 3.47. The first kappa shape index (κ1) is 13.9. The van der Waals surface area contributed by atoms with E-state index in [1.807, 2.05) is 31.2 Å². The van der Waals surface area contributed by atoms with Crippen LogP contribution in [0.2, 0.25) is 5.02 Å². The maximum atomic E-state index is 10.5. The molecule has 1 N–H and O–H groups in total. The minimum atomic E-state index is -0.850. The molecule has 2 nitrogen and oxygen atoms in total. The van der Waals surface area contributed by atoms with Crippen molar-refractivity contribution in [2.75, 3.05) is 6.61 Å². The average molecular weight is 269 g/mol. The van der Waals surface area contributed by atoms with Crippen LogP contribution >= 0.6 is 11.6 Å². The highest BCUT2D eigenvalue weighted by atomic mass is 35.5. The predicted octanol–water partition coefficient (Wildman–Crippen LogP) is 3.90. The summed E-state index contributed by atoms with van der Waals surface area (Å²) in [5.74, 6) is 0. The monoisotopic (exact) mass is 268 g/mol. The standard InChI is InChI=1S/C15H21ClO2/c1-15(17,13-8-2-3-9-14(13)16)10-4-6-12-7-5-11-18-12/h2-3,8-9,12,17H,4-7,10-11H2,1H3. The topological polar surface area (TPSA) is 29.5 Å². The van der Waals surface area contributed by atoms with Crippen LogP contribution in [0.5, 0.6) is 0 Å². The van der Waals surface area contributed by atoms with Crippen LogP contribution in [0.15, 0.2) is 24.3 Å². The first-order valence-electron chi connectivity index (χ1n) is 6.68. The van der Waals surface area contributed by atoms with E-state index in [4.69, 9.17) is 16.3 Å². The van der Waals surface area contributed by atoms with Crippen LogP contribution in [-0.2, 0) is 10.3 Å². The van der Waals surface area contributed by atoms with E-state index in [0.29, 0.717) is 11.1 Å². The molecule has 1 saturated heterocycles. The van der Waals surface area contributed by atoms with Gasteiger partial charge in [0.05, 0.1) is 11.7 Å². The molecule has 2 unspecified atom stereocenters. The SMILES string of the molecule is CC(O)(CCCC1CCCO1)c1ccccc1Cl. The van der Waals surface area contributed by atoms with Crippen molar-refractivity contribution in [1.29, 1.82) is 0 Å². The zero-order valence-electron chi connectivity index (χ0n) is 10.9.